The van der Waals surface area contributed by atoms with Gasteiger partial charge in [-0.3, -0.25) is 9.69 Å². The minimum absolute atomic E-state index is 0.176. The molecule has 3 heterocycles. The lowest BCUT2D eigenvalue weighted by atomic mass is 9.97. The maximum absolute atomic E-state index is 12.3. The second-order valence-corrected chi connectivity index (χ2v) is 5.44. The van der Waals surface area contributed by atoms with Crippen molar-refractivity contribution in [3.05, 3.63) is 22.2 Å². The first kappa shape index (κ1) is 13.9. The van der Waals surface area contributed by atoms with Crippen LogP contribution in [-0.2, 0) is 16.1 Å². The molecule has 1 saturated heterocycles. The van der Waals surface area contributed by atoms with E-state index in [-0.39, 0.29) is 5.91 Å². The standard InChI is InChI=1S/C13H18N6O2/c1-18-12-8-11(9-3-6-21-7-4-9)16-19(12)5-2-10(13(18)20)15-17-14/h8-10H,2-7H2,1H3. The first-order chi connectivity index (χ1) is 10.2. The Morgan fingerprint density at radius 1 is 1.43 bits per heavy atom. The van der Waals surface area contributed by atoms with Gasteiger partial charge in [0.1, 0.15) is 11.9 Å². The Morgan fingerprint density at radius 3 is 2.90 bits per heavy atom. The highest BCUT2D eigenvalue weighted by atomic mass is 16.5. The number of azide groups is 1. The lowest BCUT2D eigenvalue weighted by Crippen LogP contribution is -2.34. The van der Waals surface area contributed by atoms with Crippen LogP contribution in [0.4, 0.5) is 5.82 Å². The van der Waals surface area contributed by atoms with Gasteiger partial charge in [0.05, 0.1) is 5.69 Å². The first-order valence-corrected chi connectivity index (χ1v) is 7.18. The summed E-state index contributed by atoms with van der Waals surface area (Å²) in [6.45, 7) is 2.11. The molecule has 2 aliphatic heterocycles. The van der Waals surface area contributed by atoms with E-state index in [4.69, 9.17) is 10.3 Å². The first-order valence-electron chi connectivity index (χ1n) is 7.18. The van der Waals surface area contributed by atoms with Crippen molar-refractivity contribution in [1.29, 1.82) is 0 Å². The molecule has 8 nitrogen and oxygen atoms in total. The molecule has 1 unspecified atom stereocenters. The van der Waals surface area contributed by atoms with Crippen LogP contribution in [0, 0.1) is 0 Å². The van der Waals surface area contributed by atoms with Crippen LogP contribution in [0.1, 0.15) is 30.9 Å². The van der Waals surface area contributed by atoms with Gasteiger partial charge in [-0.1, -0.05) is 5.11 Å². The van der Waals surface area contributed by atoms with E-state index in [0.29, 0.717) is 18.9 Å². The van der Waals surface area contributed by atoms with Crippen molar-refractivity contribution in [3.8, 4) is 0 Å². The van der Waals surface area contributed by atoms with Crippen LogP contribution in [0.25, 0.3) is 10.4 Å². The van der Waals surface area contributed by atoms with E-state index in [1.165, 1.54) is 0 Å². The van der Waals surface area contributed by atoms with Crippen LogP contribution in [0.15, 0.2) is 11.2 Å². The van der Waals surface area contributed by atoms with Crippen LogP contribution in [-0.4, -0.2) is 42.0 Å². The highest BCUT2D eigenvalue weighted by Crippen LogP contribution is 2.30. The zero-order chi connectivity index (χ0) is 14.8. The van der Waals surface area contributed by atoms with Crippen LogP contribution in [0.3, 0.4) is 0 Å². The summed E-state index contributed by atoms with van der Waals surface area (Å²) in [5.74, 6) is 0.997. The summed E-state index contributed by atoms with van der Waals surface area (Å²) in [5.41, 5.74) is 9.57. The van der Waals surface area contributed by atoms with E-state index in [1.807, 2.05) is 10.7 Å². The Hall–Kier alpha value is -2.05. The third-order valence-corrected chi connectivity index (χ3v) is 4.18. The van der Waals surface area contributed by atoms with Gasteiger partial charge in [-0.15, -0.1) is 0 Å². The van der Waals surface area contributed by atoms with Crippen molar-refractivity contribution >= 4 is 11.7 Å². The highest BCUT2D eigenvalue weighted by molar-refractivity contribution is 5.96. The van der Waals surface area contributed by atoms with Crippen molar-refractivity contribution in [2.45, 2.75) is 37.8 Å². The Labute approximate surface area is 122 Å². The van der Waals surface area contributed by atoms with E-state index >= 15 is 0 Å². The third kappa shape index (κ3) is 2.59. The Balaban J connectivity index is 1.87. The average Bonchev–Trinajstić information content (AvgIpc) is 2.91. The Kier molecular flexibility index (Phi) is 3.81. The second-order valence-electron chi connectivity index (χ2n) is 5.44. The number of aromatic nitrogens is 2. The van der Waals surface area contributed by atoms with Gasteiger partial charge in [0.15, 0.2) is 0 Å². The van der Waals surface area contributed by atoms with E-state index in [9.17, 15) is 4.79 Å². The van der Waals surface area contributed by atoms with E-state index in [1.54, 1.807) is 11.9 Å². The maximum atomic E-state index is 12.3. The predicted molar refractivity (Wildman–Crippen MR) is 76.0 cm³/mol. The minimum atomic E-state index is -0.645. The number of hydrogen-bond donors (Lipinski definition) is 0. The summed E-state index contributed by atoms with van der Waals surface area (Å²) in [4.78, 5) is 16.6. The number of aryl methyl sites for hydroxylation is 1. The zero-order valence-electron chi connectivity index (χ0n) is 12.0. The molecular formula is C13H18N6O2. The van der Waals surface area contributed by atoms with Crippen molar-refractivity contribution < 1.29 is 9.53 Å². The van der Waals surface area contributed by atoms with Crippen molar-refractivity contribution in [2.24, 2.45) is 5.11 Å². The molecule has 0 aromatic carbocycles. The topological polar surface area (TPSA) is 96.1 Å². The molecule has 3 rings (SSSR count). The molecule has 1 atom stereocenters. The summed E-state index contributed by atoms with van der Waals surface area (Å²) in [6.07, 6.45) is 2.42. The molecule has 8 heteroatoms. The SMILES string of the molecule is CN1C(=O)C(N=[N+]=[N-])CCn2nc(C3CCOCC3)cc21. The lowest BCUT2D eigenvalue weighted by Gasteiger charge is -2.20. The third-order valence-electron chi connectivity index (χ3n) is 4.18. The molecule has 21 heavy (non-hydrogen) atoms. The molecule has 0 bridgehead atoms. The average molecular weight is 290 g/mol. The number of nitrogens with zero attached hydrogens (tertiary/aromatic N) is 6. The summed E-state index contributed by atoms with van der Waals surface area (Å²) >= 11 is 0. The van der Waals surface area contributed by atoms with Gasteiger partial charge in [0.25, 0.3) is 0 Å². The minimum Gasteiger partial charge on any atom is -0.381 e. The van der Waals surface area contributed by atoms with Crippen LogP contribution >= 0.6 is 0 Å². The summed E-state index contributed by atoms with van der Waals surface area (Å²) in [7, 11) is 1.70. The number of ether oxygens (including phenoxy) is 1. The number of amides is 1. The normalized spacial score (nSPS) is 23.4. The molecule has 0 aliphatic carbocycles. The summed E-state index contributed by atoms with van der Waals surface area (Å²) in [5, 5.41) is 8.23. The molecular weight excluding hydrogens is 272 g/mol. The van der Waals surface area contributed by atoms with Crippen molar-refractivity contribution in [3.63, 3.8) is 0 Å². The van der Waals surface area contributed by atoms with E-state index in [0.717, 1.165) is 37.6 Å². The van der Waals surface area contributed by atoms with Crippen LogP contribution in [0.2, 0.25) is 0 Å². The van der Waals surface area contributed by atoms with Crippen molar-refractivity contribution in [1.82, 2.24) is 9.78 Å². The summed E-state index contributed by atoms with van der Waals surface area (Å²) < 4.78 is 7.22. The molecule has 112 valence electrons. The van der Waals surface area contributed by atoms with Gasteiger partial charge in [0, 0.05) is 43.7 Å². The molecule has 0 N–H and O–H groups in total. The summed E-state index contributed by atoms with van der Waals surface area (Å²) in [6, 6.07) is 1.33. The predicted octanol–water partition coefficient (Wildman–Crippen LogP) is 1.82. The van der Waals surface area contributed by atoms with Gasteiger partial charge in [0.2, 0.25) is 5.91 Å². The zero-order valence-corrected chi connectivity index (χ0v) is 12.0. The Morgan fingerprint density at radius 2 is 2.19 bits per heavy atom. The van der Waals surface area contributed by atoms with E-state index < -0.39 is 6.04 Å². The highest BCUT2D eigenvalue weighted by Gasteiger charge is 2.30. The molecule has 1 fully saturated rings. The fourth-order valence-corrected chi connectivity index (χ4v) is 2.93. The second kappa shape index (κ2) is 5.75. The molecule has 0 radical (unpaired) electrons. The van der Waals surface area contributed by atoms with E-state index in [2.05, 4.69) is 15.1 Å². The number of hydrogen-bond acceptors (Lipinski definition) is 4. The van der Waals surface area contributed by atoms with Crippen molar-refractivity contribution in [2.75, 3.05) is 25.2 Å². The molecule has 0 saturated carbocycles. The monoisotopic (exact) mass is 290 g/mol. The van der Waals surface area contributed by atoms with Gasteiger partial charge < -0.3 is 4.74 Å². The molecule has 2 aliphatic rings. The van der Waals surface area contributed by atoms with Crippen LogP contribution in [0.5, 0.6) is 0 Å². The maximum Gasteiger partial charge on any atom is 0.236 e. The molecule has 0 spiro atoms. The lowest BCUT2D eigenvalue weighted by molar-refractivity contribution is -0.119. The number of rotatable bonds is 2. The van der Waals surface area contributed by atoms with Gasteiger partial charge in [-0.25, -0.2) is 4.68 Å². The fraction of sp³-hybridized carbons (Fsp3) is 0.692. The largest absolute Gasteiger partial charge is 0.381 e. The molecule has 1 aromatic heterocycles. The van der Waals surface area contributed by atoms with Gasteiger partial charge >= 0.3 is 0 Å². The molecule has 1 aromatic rings. The Bertz CT molecular complexity index is 585. The number of fused-ring (bicyclic) bond motifs is 1. The fourth-order valence-electron chi connectivity index (χ4n) is 2.93. The number of likely N-dealkylation sites (N-methyl/N-ethyl adjacent to an activating group) is 1. The smallest absolute Gasteiger partial charge is 0.236 e. The molecule has 1 amide bonds. The quantitative estimate of drug-likeness (QED) is 0.472. The van der Waals surface area contributed by atoms with Gasteiger partial charge in [-0.05, 0) is 24.8 Å². The number of carbonyl (C=O) groups is 1. The number of carbonyl (C=O) groups excluding carboxylic acids is 1. The van der Waals surface area contributed by atoms with Crippen LogP contribution < -0.4 is 4.90 Å². The van der Waals surface area contributed by atoms with Gasteiger partial charge in [-0.2, -0.15) is 5.10 Å². The number of anilines is 1.